The summed E-state index contributed by atoms with van der Waals surface area (Å²) in [5.41, 5.74) is 0. The van der Waals surface area contributed by atoms with E-state index in [1.165, 1.54) is 12.8 Å². The summed E-state index contributed by atoms with van der Waals surface area (Å²) in [6.07, 6.45) is 8.53. The summed E-state index contributed by atoms with van der Waals surface area (Å²) in [6.45, 7) is 2.75. The Morgan fingerprint density at radius 2 is 1.95 bits per heavy atom. The highest BCUT2D eigenvalue weighted by Crippen LogP contribution is 2.34. The predicted molar refractivity (Wildman–Crippen MR) is 84.8 cm³/mol. The highest BCUT2D eigenvalue weighted by molar-refractivity contribution is 7.71. The highest BCUT2D eigenvalue weighted by atomic mass is 32.1. The Balaban J connectivity index is 1.28. The fraction of sp³-hybridized carbons (Fsp3) is 0.800. The Bertz CT molecular complexity index is 608. The molecule has 1 amide bonds. The van der Waals surface area contributed by atoms with Gasteiger partial charge in [0.05, 0.1) is 6.67 Å². The van der Waals surface area contributed by atoms with Crippen molar-refractivity contribution in [2.75, 3.05) is 13.1 Å². The van der Waals surface area contributed by atoms with E-state index in [4.69, 9.17) is 12.2 Å². The molecule has 0 atom stereocenters. The molecule has 2 saturated carbocycles. The van der Waals surface area contributed by atoms with Gasteiger partial charge in [0.15, 0.2) is 4.77 Å². The molecule has 22 heavy (non-hydrogen) atoms. The number of piperidine rings is 1. The number of hydrogen-bond acceptors (Lipinski definition) is 4. The SMILES string of the molecule is O=C(NC1CCN(Cn2ncn(C3CC3)c2=S)CC1)C1CC1. The minimum absolute atomic E-state index is 0.267. The quantitative estimate of drug-likeness (QED) is 0.839. The smallest absolute Gasteiger partial charge is 0.223 e. The summed E-state index contributed by atoms with van der Waals surface area (Å²) in [4.78, 5) is 14.2. The van der Waals surface area contributed by atoms with Crippen molar-refractivity contribution in [3.63, 3.8) is 0 Å². The van der Waals surface area contributed by atoms with E-state index in [0.717, 1.165) is 50.2 Å². The van der Waals surface area contributed by atoms with Gasteiger partial charge in [-0.15, -0.1) is 0 Å². The first-order chi connectivity index (χ1) is 10.7. The summed E-state index contributed by atoms with van der Waals surface area (Å²) in [5, 5.41) is 7.63. The first-order valence-corrected chi connectivity index (χ1v) is 8.78. The zero-order valence-corrected chi connectivity index (χ0v) is 13.6. The second kappa shape index (κ2) is 5.77. The molecule has 3 aliphatic rings. The van der Waals surface area contributed by atoms with Crippen LogP contribution in [-0.4, -0.2) is 44.3 Å². The number of carbonyl (C=O) groups excluding carboxylic acids is 1. The molecule has 2 heterocycles. The first kappa shape index (κ1) is 14.4. The van der Waals surface area contributed by atoms with Gasteiger partial charge in [-0.2, -0.15) is 5.10 Å². The van der Waals surface area contributed by atoms with Gasteiger partial charge in [-0.1, -0.05) is 0 Å². The molecule has 7 heteroatoms. The topological polar surface area (TPSA) is 55.1 Å². The summed E-state index contributed by atoms with van der Waals surface area (Å²) in [5.74, 6) is 0.576. The lowest BCUT2D eigenvalue weighted by atomic mass is 10.1. The molecule has 3 fully saturated rings. The van der Waals surface area contributed by atoms with Crippen LogP contribution in [0.4, 0.5) is 0 Å². The number of nitrogens with zero attached hydrogens (tertiary/aromatic N) is 4. The zero-order valence-electron chi connectivity index (χ0n) is 12.8. The van der Waals surface area contributed by atoms with Crippen molar-refractivity contribution in [2.24, 2.45) is 5.92 Å². The van der Waals surface area contributed by atoms with Gasteiger partial charge in [-0.05, 0) is 50.7 Å². The Hall–Kier alpha value is -1.21. The third-order valence-corrected chi connectivity index (χ3v) is 5.34. The summed E-state index contributed by atoms with van der Waals surface area (Å²) in [7, 11) is 0. The van der Waals surface area contributed by atoms with Gasteiger partial charge in [0.2, 0.25) is 5.91 Å². The Labute approximate surface area is 135 Å². The molecule has 0 aromatic carbocycles. The average Bonchev–Trinajstić information content (AvgIpc) is 3.41. The molecule has 1 saturated heterocycles. The molecule has 1 aliphatic heterocycles. The van der Waals surface area contributed by atoms with Crippen LogP contribution in [0, 0.1) is 10.7 Å². The number of amides is 1. The molecule has 4 rings (SSSR count). The van der Waals surface area contributed by atoms with Crippen molar-refractivity contribution in [3.05, 3.63) is 11.1 Å². The van der Waals surface area contributed by atoms with Crippen LogP contribution in [0.2, 0.25) is 0 Å². The molecule has 1 aromatic heterocycles. The van der Waals surface area contributed by atoms with Crippen molar-refractivity contribution < 1.29 is 4.79 Å². The van der Waals surface area contributed by atoms with Crippen molar-refractivity contribution in [2.45, 2.75) is 57.3 Å². The van der Waals surface area contributed by atoms with Crippen LogP contribution in [-0.2, 0) is 11.5 Å². The lowest BCUT2D eigenvalue weighted by Crippen LogP contribution is -2.45. The van der Waals surface area contributed by atoms with E-state index < -0.39 is 0 Å². The number of hydrogen-bond donors (Lipinski definition) is 1. The third-order valence-electron chi connectivity index (χ3n) is 4.91. The van der Waals surface area contributed by atoms with Crippen molar-refractivity contribution in [1.82, 2.24) is 24.6 Å². The van der Waals surface area contributed by atoms with Crippen LogP contribution >= 0.6 is 12.2 Å². The molecule has 1 aromatic rings. The van der Waals surface area contributed by atoms with Crippen molar-refractivity contribution in [3.8, 4) is 0 Å². The molecule has 1 N–H and O–H groups in total. The lowest BCUT2D eigenvalue weighted by Gasteiger charge is -2.32. The fourth-order valence-electron chi connectivity index (χ4n) is 3.12. The Kier molecular flexibility index (Phi) is 3.78. The van der Waals surface area contributed by atoms with E-state index in [2.05, 4.69) is 19.9 Å². The molecule has 6 nitrogen and oxygen atoms in total. The Morgan fingerprint density at radius 3 is 2.59 bits per heavy atom. The molecule has 0 spiro atoms. The fourth-order valence-corrected chi connectivity index (χ4v) is 3.42. The third kappa shape index (κ3) is 3.10. The van der Waals surface area contributed by atoms with Crippen LogP contribution in [0.1, 0.15) is 44.6 Å². The van der Waals surface area contributed by atoms with E-state index in [1.54, 1.807) is 0 Å². The minimum atomic E-state index is 0.267. The molecule has 0 unspecified atom stereocenters. The number of rotatable bonds is 5. The predicted octanol–water partition coefficient (Wildman–Crippen LogP) is 1.70. The normalized spacial score (nSPS) is 23.6. The van der Waals surface area contributed by atoms with Crippen LogP contribution in [0.3, 0.4) is 0 Å². The number of likely N-dealkylation sites (tertiary alicyclic amines) is 1. The van der Waals surface area contributed by atoms with Gasteiger partial charge < -0.3 is 9.88 Å². The van der Waals surface area contributed by atoms with Gasteiger partial charge in [0.25, 0.3) is 0 Å². The van der Waals surface area contributed by atoms with E-state index in [1.807, 2.05) is 11.0 Å². The lowest BCUT2D eigenvalue weighted by molar-refractivity contribution is -0.123. The van der Waals surface area contributed by atoms with Gasteiger partial charge in [0, 0.05) is 31.1 Å². The summed E-state index contributed by atoms with van der Waals surface area (Å²) >= 11 is 5.51. The maximum Gasteiger partial charge on any atom is 0.223 e. The average molecular weight is 321 g/mol. The maximum absolute atomic E-state index is 11.8. The zero-order chi connectivity index (χ0) is 15.1. The van der Waals surface area contributed by atoms with Crippen LogP contribution in [0.5, 0.6) is 0 Å². The highest BCUT2D eigenvalue weighted by Gasteiger charge is 2.32. The molecular formula is C15H23N5OS. The van der Waals surface area contributed by atoms with Crippen LogP contribution in [0.25, 0.3) is 0 Å². The van der Waals surface area contributed by atoms with Gasteiger partial charge in [0.1, 0.15) is 6.33 Å². The molecular weight excluding hydrogens is 298 g/mol. The molecule has 0 bridgehead atoms. The van der Waals surface area contributed by atoms with Crippen molar-refractivity contribution >= 4 is 18.1 Å². The standard InChI is InChI=1S/C15H23N5OS/c21-14(11-1-2-11)17-12-5-7-18(8-6-12)10-20-15(22)19(9-16-20)13-3-4-13/h9,11-13H,1-8,10H2,(H,17,21). The number of carbonyl (C=O) groups is 1. The van der Waals surface area contributed by atoms with Gasteiger partial charge >= 0.3 is 0 Å². The first-order valence-electron chi connectivity index (χ1n) is 8.37. The van der Waals surface area contributed by atoms with Gasteiger partial charge in [-0.3, -0.25) is 9.69 Å². The summed E-state index contributed by atoms with van der Waals surface area (Å²) in [6, 6.07) is 0.936. The van der Waals surface area contributed by atoms with Crippen molar-refractivity contribution in [1.29, 1.82) is 0 Å². The van der Waals surface area contributed by atoms with E-state index in [0.29, 0.717) is 18.0 Å². The molecule has 0 radical (unpaired) electrons. The molecule has 2 aliphatic carbocycles. The maximum atomic E-state index is 11.8. The summed E-state index contributed by atoms with van der Waals surface area (Å²) < 4.78 is 4.89. The minimum Gasteiger partial charge on any atom is -0.353 e. The number of nitrogens with one attached hydrogen (secondary N) is 1. The molecule has 120 valence electrons. The van der Waals surface area contributed by atoms with Crippen LogP contribution < -0.4 is 5.32 Å². The number of aromatic nitrogens is 3. The van der Waals surface area contributed by atoms with E-state index in [-0.39, 0.29) is 5.91 Å². The second-order valence-electron chi connectivity index (χ2n) is 6.87. The van der Waals surface area contributed by atoms with E-state index in [9.17, 15) is 4.79 Å². The largest absolute Gasteiger partial charge is 0.353 e. The van der Waals surface area contributed by atoms with E-state index >= 15 is 0 Å². The van der Waals surface area contributed by atoms with Gasteiger partial charge in [-0.25, -0.2) is 4.68 Å². The Morgan fingerprint density at radius 1 is 1.23 bits per heavy atom. The second-order valence-corrected chi connectivity index (χ2v) is 7.23. The monoisotopic (exact) mass is 321 g/mol. The van der Waals surface area contributed by atoms with Crippen LogP contribution in [0.15, 0.2) is 6.33 Å².